The van der Waals surface area contributed by atoms with Gasteiger partial charge in [-0.05, 0) is 24.3 Å². The lowest BCUT2D eigenvalue weighted by atomic mass is 9.76. The summed E-state index contributed by atoms with van der Waals surface area (Å²) in [6.45, 7) is 4.43. The van der Waals surface area contributed by atoms with Gasteiger partial charge in [0.25, 0.3) is 0 Å². The Labute approximate surface area is 130 Å². The molecular formula is C17H22ClNS. The zero-order chi connectivity index (χ0) is 14.0. The number of halogens is 1. The highest BCUT2D eigenvalue weighted by Crippen LogP contribution is 2.37. The van der Waals surface area contributed by atoms with Crippen LogP contribution in [0.15, 0.2) is 24.3 Å². The Morgan fingerprint density at radius 2 is 1.95 bits per heavy atom. The summed E-state index contributed by atoms with van der Waals surface area (Å²) in [5.74, 6) is 0. The van der Waals surface area contributed by atoms with E-state index in [9.17, 15) is 0 Å². The molecule has 1 aromatic carbocycles. The summed E-state index contributed by atoms with van der Waals surface area (Å²) in [5, 5.41) is 5.77. The highest BCUT2D eigenvalue weighted by Gasteiger charge is 2.26. The summed E-state index contributed by atoms with van der Waals surface area (Å²) < 4.78 is 1.29. The van der Waals surface area contributed by atoms with Crippen LogP contribution in [0.2, 0.25) is 5.02 Å². The van der Waals surface area contributed by atoms with Crippen molar-refractivity contribution in [1.29, 1.82) is 0 Å². The molecule has 1 aliphatic carbocycles. The van der Waals surface area contributed by atoms with Crippen LogP contribution in [0, 0.1) is 5.41 Å². The maximum absolute atomic E-state index is 6.48. The predicted molar refractivity (Wildman–Crippen MR) is 89.7 cm³/mol. The molecule has 1 aromatic heterocycles. The molecule has 1 heterocycles. The number of fused-ring (bicyclic) bond motifs is 1. The maximum atomic E-state index is 6.48. The molecule has 108 valence electrons. The Kier molecular flexibility index (Phi) is 4.34. The molecule has 0 amide bonds. The fraction of sp³-hybridized carbons (Fsp3) is 0.529. The number of hydrogen-bond acceptors (Lipinski definition) is 2. The van der Waals surface area contributed by atoms with E-state index in [2.05, 4.69) is 36.5 Å². The predicted octanol–water partition coefficient (Wildman–Crippen LogP) is 5.61. The van der Waals surface area contributed by atoms with E-state index in [-0.39, 0.29) is 0 Å². The lowest BCUT2D eigenvalue weighted by Gasteiger charge is -2.33. The van der Waals surface area contributed by atoms with Crippen molar-refractivity contribution in [3.8, 4) is 0 Å². The molecule has 1 nitrogen and oxygen atoms in total. The molecule has 1 fully saturated rings. The molecule has 0 radical (unpaired) electrons. The Balaban J connectivity index is 1.63. The molecule has 0 atom stereocenters. The quantitative estimate of drug-likeness (QED) is 0.773. The monoisotopic (exact) mass is 307 g/mol. The van der Waals surface area contributed by atoms with Gasteiger partial charge in [0.05, 0.1) is 5.02 Å². The van der Waals surface area contributed by atoms with Gasteiger partial charge >= 0.3 is 0 Å². The van der Waals surface area contributed by atoms with Gasteiger partial charge in [0.2, 0.25) is 0 Å². The fourth-order valence-corrected chi connectivity index (χ4v) is 4.71. The van der Waals surface area contributed by atoms with E-state index in [1.165, 1.54) is 47.1 Å². The highest BCUT2D eigenvalue weighted by atomic mass is 35.5. The standard InChI is InChI=1S/C17H22ClNS/c1-17(9-5-2-6-10-17)12-19-11-15-16(18)13-7-3-4-8-14(13)20-15/h3-4,7-8,19H,2,5-6,9-12H2,1H3. The van der Waals surface area contributed by atoms with Crippen molar-refractivity contribution in [2.75, 3.05) is 6.54 Å². The van der Waals surface area contributed by atoms with Gasteiger partial charge in [-0.15, -0.1) is 11.3 Å². The first-order chi connectivity index (χ1) is 9.68. The van der Waals surface area contributed by atoms with Gasteiger partial charge in [0.1, 0.15) is 0 Å². The minimum absolute atomic E-state index is 0.488. The third-order valence-corrected chi connectivity index (χ3v) is 6.21. The van der Waals surface area contributed by atoms with Crippen LogP contribution in [0.3, 0.4) is 0 Å². The SMILES string of the molecule is CC1(CNCc2sc3ccccc3c2Cl)CCCCC1. The van der Waals surface area contributed by atoms with Crippen LogP contribution in [0.4, 0.5) is 0 Å². The lowest BCUT2D eigenvalue weighted by molar-refractivity contribution is 0.208. The second kappa shape index (κ2) is 6.05. The van der Waals surface area contributed by atoms with E-state index in [0.717, 1.165) is 18.1 Å². The fourth-order valence-electron chi connectivity index (χ4n) is 3.24. The first-order valence-corrected chi connectivity index (χ1v) is 8.74. The third-order valence-electron chi connectivity index (χ3n) is 4.50. The van der Waals surface area contributed by atoms with Crippen molar-refractivity contribution in [3.63, 3.8) is 0 Å². The summed E-state index contributed by atoms with van der Waals surface area (Å²) in [6, 6.07) is 8.40. The molecule has 20 heavy (non-hydrogen) atoms. The molecule has 0 spiro atoms. The summed E-state index contributed by atoms with van der Waals surface area (Å²) in [6.07, 6.45) is 6.92. The van der Waals surface area contributed by atoms with Crippen LogP contribution >= 0.6 is 22.9 Å². The molecule has 0 saturated heterocycles. The topological polar surface area (TPSA) is 12.0 Å². The van der Waals surface area contributed by atoms with Crippen molar-refractivity contribution < 1.29 is 0 Å². The van der Waals surface area contributed by atoms with Gasteiger partial charge in [0, 0.05) is 28.1 Å². The molecule has 0 bridgehead atoms. The first-order valence-electron chi connectivity index (χ1n) is 7.55. The van der Waals surface area contributed by atoms with E-state index >= 15 is 0 Å². The molecule has 3 rings (SSSR count). The molecule has 0 unspecified atom stereocenters. The summed E-state index contributed by atoms with van der Waals surface area (Å²) in [7, 11) is 0. The number of benzene rings is 1. The van der Waals surface area contributed by atoms with Gasteiger partial charge in [-0.3, -0.25) is 0 Å². The average molecular weight is 308 g/mol. The number of thiophene rings is 1. The Morgan fingerprint density at radius 3 is 2.70 bits per heavy atom. The van der Waals surface area contributed by atoms with Crippen LogP contribution in [-0.4, -0.2) is 6.54 Å². The van der Waals surface area contributed by atoms with Crippen LogP contribution < -0.4 is 5.32 Å². The van der Waals surface area contributed by atoms with Crippen LogP contribution in [-0.2, 0) is 6.54 Å². The normalized spacial score (nSPS) is 18.5. The van der Waals surface area contributed by atoms with E-state index in [1.807, 2.05) is 11.3 Å². The highest BCUT2D eigenvalue weighted by molar-refractivity contribution is 7.19. The summed E-state index contributed by atoms with van der Waals surface area (Å²) in [5.41, 5.74) is 0.488. The van der Waals surface area contributed by atoms with Crippen molar-refractivity contribution in [3.05, 3.63) is 34.2 Å². The van der Waals surface area contributed by atoms with Crippen molar-refractivity contribution in [1.82, 2.24) is 5.32 Å². The Bertz CT molecular complexity index is 584. The van der Waals surface area contributed by atoms with Gasteiger partial charge in [0.15, 0.2) is 0 Å². The minimum Gasteiger partial charge on any atom is -0.311 e. The molecule has 2 aromatic rings. The zero-order valence-corrected chi connectivity index (χ0v) is 13.6. The van der Waals surface area contributed by atoms with Crippen molar-refractivity contribution in [2.24, 2.45) is 5.41 Å². The second-order valence-corrected chi connectivity index (χ2v) is 7.82. The molecule has 3 heteroatoms. The number of rotatable bonds is 4. The van der Waals surface area contributed by atoms with Crippen LogP contribution in [0.5, 0.6) is 0 Å². The largest absolute Gasteiger partial charge is 0.311 e. The van der Waals surface area contributed by atoms with Crippen molar-refractivity contribution >= 4 is 33.0 Å². The Morgan fingerprint density at radius 1 is 1.20 bits per heavy atom. The lowest BCUT2D eigenvalue weighted by Crippen LogP contribution is -2.33. The van der Waals surface area contributed by atoms with Gasteiger partial charge in [-0.25, -0.2) is 0 Å². The molecular weight excluding hydrogens is 286 g/mol. The second-order valence-electron chi connectivity index (χ2n) is 6.31. The molecule has 1 aliphatic rings. The molecule has 0 aliphatic heterocycles. The van der Waals surface area contributed by atoms with Gasteiger partial charge < -0.3 is 5.32 Å². The van der Waals surface area contributed by atoms with Crippen LogP contribution in [0.1, 0.15) is 43.9 Å². The van der Waals surface area contributed by atoms with E-state index in [4.69, 9.17) is 11.6 Å². The summed E-state index contributed by atoms with van der Waals surface area (Å²) in [4.78, 5) is 1.27. The van der Waals surface area contributed by atoms with E-state index in [0.29, 0.717) is 5.41 Å². The summed E-state index contributed by atoms with van der Waals surface area (Å²) >= 11 is 8.30. The van der Waals surface area contributed by atoms with E-state index < -0.39 is 0 Å². The third kappa shape index (κ3) is 3.03. The smallest absolute Gasteiger partial charge is 0.0636 e. The number of nitrogens with one attached hydrogen (secondary N) is 1. The van der Waals surface area contributed by atoms with E-state index in [1.54, 1.807) is 0 Å². The average Bonchev–Trinajstić information content (AvgIpc) is 2.77. The maximum Gasteiger partial charge on any atom is 0.0636 e. The molecule has 1 saturated carbocycles. The van der Waals surface area contributed by atoms with Gasteiger partial charge in [-0.1, -0.05) is 56.0 Å². The van der Waals surface area contributed by atoms with Crippen molar-refractivity contribution in [2.45, 2.75) is 45.6 Å². The van der Waals surface area contributed by atoms with Crippen LogP contribution in [0.25, 0.3) is 10.1 Å². The Hall–Kier alpha value is -0.570. The zero-order valence-electron chi connectivity index (χ0n) is 12.0. The minimum atomic E-state index is 0.488. The first kappa shape index (κ1) is 14.4. The molecule has 1 N–H and O–H groups in total. The number of hydrogen-bond donors (Lipinski definition) is 1. The van der Waals surface area contributed by atoms with Gasteiger partial charge in [-0.2, -0.15) is 0 Å².